The number of nitrogens with zero attached hydrogens (tertiary/aromatic N) is 4. The van der Waals surface area contributed by atoms with Crippen molar-refractivity contribution in [2.45, 2.75) is 64.9 Å². The number of hydrogen-bond acceptors (Lipinski definition) is 13. The van der Waals surface area contributed by atoms with E-state index < -0.39 is 60.4 Å². The van der Waals surface area contributed by atoms with E-state index in [4.69, 9.17) is 23.7 Å². The van der Waals surface area contributed by atoms with Crippen LogP contribution in [-0.2, 0) is 49.4 Å². The fourth-order valence-electron chi connectivity index (χ4n) is 3.70. The molecule has 0 saturated carbocycles. The van der Waals surface area contributed by atoms with Crippen LogP contribution in [0.3, 0.4) is 0 Å². The summed E-state index contributed by atoms with van der Waals surface area (Å²) in [4.78, 5) is 63.5. The number of nitrogens with one attached hydrogen (secondary N) is 1. The number of pyridine rings is 1. The van der Waals surface area contributed by atoms with Gasteiger partial charge in [0.15, 0.2) is 24.5 Å². The molecule has 2 aromatic rings. The van der Waals surface area contributed by atoms with Crippen LogP contribution in [0.5, 0.6) is 0 Å². The molecule has 204 valence electrons. The molecule has 0 aromatic carbocycles. The summed E-state index contributed by atoms with van der Waals surface area (Å²) in [6.45, 7) is 4.16. The van der Waals surface area contributed by atoms with Gasteiger partial charge in [-0.3, -0.25) is 29.0 Å². The molecule has 1 aliphatic heterocycles. The lowest BCUT2D eigenvalue weighted by atomic mass is 9.97. The normalized spacial score (nSPS) is 22.6. The number of rotatable bonds is 9. The van der Waals surface area contributed by atoms with Crippen LogP contribution in [0.15, 0.2) is 30.6 Å². The van der Waals surface area contributed by atoms with Crippen molar-refractivity contribution in [3.05, 3.63) is 42.0 Å². The minimum atomic E-state index is -1.35. The Morgan fingerprint density at radius 2 is 1.58 bits per heavy atom. The fourth-order valence-corrected chi connectivity index (χ4v) is 3.70. The zero-order chi connectivity index (χ0) is 27.8. The molecule has 0 radical (unpaired) electrons. The van der Waals surface area contributed by atoms with E-state index in [9.17, 15) is 24.0 Å². The van der Waals surface area contributed by atoms with Gasteiger partial charge in [-0.1, -0.05) is 11.3 Å². The van der Waals surface area contributed by atoms with E-state index in [1.165, 1.54) is 24.0 Å². The molecule has 3 heterocycles. The van der Waals surface area contributed by atoms with E-state index in [1.807, 2.05) is 0 Å². The minimum absolute atomic E-state index is 0.0271. The van der Waals surface area contributed by atoms with Crippen LogP contribution in [0, 0.1) is 0 Å². The third kappa shape index (κ3) is 7.55. The first-order valence-corrected chi connectivity index (χ1v) is 11.5. The van der Waals surface area contributed by atoms with Crippen LogP contribution < -0.4 is 5.32 Å². The van der Waals surface area contributed by atoms with Gasteiger partial charge in [-0.05, 0) is 12.1 Å². The summed E-state index contributed by atoms with van der Waals surface area (Å²) in [5.41, 5.74) is 0.515. The molecule has 38 heavy (non-hydrogen) atoms. The number of aromatic nitrogens is 4. The lowest BCUT2D eigenvalue weighted by Gasteiger charge is -2.44. The van der Waals surface area contributed by atoms with Crippen molar-refractivity contribution in [2.75, 3.05) is 6.61 Å². The molecule has 0 spiro atoms. The van der Waals surface area contributed by atoms with Crippen LogP contribution >= 0.6 is 0 Å². The summed E-state index contributed by atoms with van der Waals surface area (Å²) in [6.07, 6.45) is -3.47. The summed E-state index contributed by atoms with van der Waals surface area (Å²) in [5.74, 6) is -3.32. The lowest BCUT2D eigenvalue weighted by molar-refractivity contribution is -0.270. The average molecular weight is 533 g/mol. The quantitative estimate of drug-likeness (QED) is 0.332. The Labute approximate surface area is 216 Å². The monoisotopic (exact) mass is 533 g/mol. The van der Waals surface area contributed by atoms with Gasteiger partial charge < -0.3 is 29.0 Å². The van der Waals surface area contributed by atoms with E-state index in [-0.39, 0.29) is 18.8 Å². The molecule has 2 aromatic heterocycles. The first-order valence-electron chi connectivity index (χ1n) is 11.5. The fraction of sp³-hybridized carbons (Fsp3) is 0.478. The molecule has 5 atom stereocenters. The van der Waals surface area contributed by atoms with E-state index in [1.54, 1.807) is 18.2 Å². The van der Waals surface area contributed by atoms with Gasteiger partial charge in [0.1, 0.15) is 24.1 Å². The molecule has 15 heteroatoms. The molecule has 0 bridgehead atoms. The predicted molar refractivity (Wildman–Crippen MR) is 123 cm³/mol. The van der Waals surface area contributed by atoms with E-state index in [2.05, 4.69) is 20.6 Å². The molecule has 1 saturated heterocycles. The molecular weight excluding hydrogens is 506 g/mol. The second-order valence-electron chi connectivity index (χ2n) is 8.18. The second-order valence-corrected chi connectivity index (χ2v) is 8.18. The summed E-state index contributed by atoms with van der Waals surface area (Å²) in [5, 5.41) is 10.7. The molecule has 3 rings (SSSR count). The first kappa shape index (κ1) is 28.2. The molecule has 1 fully saturated rings. The number of carbonyl (C=O) groups excluding carboxylic acids is 5. The van der Waals surface area contributed by atoms with Gasteiger partial charge in [0, 0.05) is 33.9 Å². The highest BCUT2D eigenvalue weighted by atomic mass is 16.7. The largest absolute Gasteiger partial charge is 0.463 e. The topological polar surface area (TPSA) is 187 Å². The number of esters is 4. The molecular formula is C23H27N5O10. The standard InChI is InChI=1S/C23H27N5O10/c1-12(29)34-11-18-19(35-13(2)30)20(36-14(3)31)21(37-15(4)32)23(38-18)28-10-16(26-27-28)9-25-22(33)17-7-5-6-8-24-17/h5-8,10,18-21,23H,9,11H2,1-4H3,(H,25,33)/t18-,19-,20+,21-,23-/m1/s1. The number of ether oxygens (including phenoxy) is 5. The second kappa shape index (κ2) is 12.7. The zero-order valence-electron chi connectivity index (χ0n) is 21.1. The lowest BCUT2D eigenvalue weighted by Crippen LogP contribution is -2.60. The van der Waals surface area contributed by atoms with E-state index in [0.717, 1.165) is 20.8 Å². The van der Waals surface area contributed by atoms with E-state index in [0.29, 0.717) is 5.69 Å². The van der Waals surface area contributed by atoms with Gasteiger partial charge in [0.05, 0.1) is 12.7 Å². The smallest absolute Gasteiger partial charge is 0.303 e. The van der Waals surface area contributed by atoms with E-state index >= 15 is 0 Å². The summed E-state index contributed by atoms with van der Waals surface area (Å²) < 4.78 is 28.4. The Morgan fingerprint density at radius 3 is 2.18 bits per heavy atom. The molecule has 1 amide bonds. The van der Waals surface area contributed by atoms with Crippen LogP contribution in [0.4, 0.5) is 0 Å². The highest BCUT2D eigenvalue weighted by Crippen LogP contribution is 2.34. The zero-order valence-corrected chi connectivity index (χ0v) is 21.1. The van der Waals surface area contributed by atoms with Crippen LogP contribution in [0.2, 0.25) is 0 Å². The van der Waals surface area contributed by atoms with Gasteiger partial charge in [-0.15, -0.1) is 5.10 Å². The summed E-state index contributed by atoms with van der Waals surface area (Å²) >= 11 is 0. The Morgan fingerprint density at radius 1 is 0.921 bits per heavy atom. The van der Waals surface area contributed by atoms with Crippen LogP contribution in [0.25, 0.3) is 0 Å². The molecule has 1 aliphatic rings. The van der Waals surface area contributed by atoms with Crippen molar-refractivity contribution in [3.8, 4) is 0 Å². The highest BCUT2D eigenvalue weighted by Gasteiger charge is 2.53. The highest BCUT2D eigenvalue weighted by molar-refractivity contribution is 5.92. The maximum Gasteiger partial charge on any atom is 0.303 e. The van der Waals surface area contributed by atoms with Crippen molar-refractivity contribution in [1.29, 1.82) is 0 Å². The number of amides is 1. The van der Waals surface area contributed by atoms with Crippen LogP contribution in [-0.4, -0.2) is 80.8 Å². The van der Waals surface area contributed by atoms with Crippen molar-refractivity contribution >= 4 is 29.8 Å². The Balaban J connectivity index is 1.89. The van der Waals surface area contributed by atoms with Gasteiger partial charge in [0.2, 0.25) is 0 Å². The summed E-state index contributed by atoms with van der Waals surface area (Å²) in [7, 11) is 0. The van der Waals surface area contributed by atoms with Crippen molar-refractivity contribution in [3.63, 3.8) is 0 Å². The first-order chi connectivity index (χ1) is 18.0. The van der Waals surface area contributed by atoms with Crippen molar-refractivity contribution in [1.82, 2.24) is 25.3 Å². The third-order valence-electron chi connectivity index (χ3n) is 5.11. The predicted octanol–water partition coefficient (Wildman–Crippen LogP) is -0.141. The minimum Gasteiger partial charge on any atom is -0.463 e. The third-order valence-corrected chi connectivity index (χ3v) is 5.11. The Bertz CT molecular complexity index is 1170. The molecule has 0 unspecified atom stereocenters. The van der Waals surface area contributed by atoms with Gasteiger partial charge in [-0.25, -0.2) is 4.68 Å². The maximum atomic E-state index is 12.3. The van der Waals surface area contributed by atoms with Gasteiger partial charge >= 0.3 is 23.9 Å². The van der Waals surface area contributed by atoms with Gasteiger partial charge in [-0.2, -0.15) is 0 Å². The molecule has 1 N–H and O–H groups in total. The van der Waals surface area contributed by atoms with Gasteiger partial charge in [0.25, 0.3) is 5.91 Å². The van der Waals surface area contributed by atoms with Crippen molar-refractivity contribution < 1.29 is 47.7 Å². The molecule has 15 nitrogen and oxygen atoms in total. The SMILES string of the molecule is CC(=O)OC[C@H]1O[C@@H](n2cc(CNC(=O)c3ccccn3)nn2)[C@H](OC(C)=O)[C@@H](OC(C)=O)[C@@H]1OC(C)=O. The Hall–Kier alpha value is -4.40. The van der Waals surface area contributed by atoms with Crippen molar-refractivity contribution in [2.24, 2.45) is 0 Å². The Kier molecular flexibility index (Phi) is 9.43. The molecule has 0 aliphatic carbocycles. The number of carbonyl (C=O) groups is 5. The summed E-state index contributed by atoms with van der Waals surface area (Å²) in [6, 6.07) is 4.89. The van der Waals surface area contributed by atoms with Crippen LogP contribution in [0.1, 0.15) is 50.1 Å². The maximum absolute atomic E-state index is 12.3. The number of hydrogen-bond donors (Lipinski definition) is 1. The average Bonchev–Trinajstić information content (AvgIpc) is 3.32.